The molecule has 0 spiro atoms. The quantitative estimate of drug-likeness (QED) is 0.458. The van der Waals surface area contributed by atoms with Crippen LogP contribution in [0, 0.1) is 11.2 Å². The molecule has 0 heterocycles. The Morgan fingerprint density at radius 3 is 2.35 bits per heavy atom. The van der Waals surface area contributed by atoms with E-state index in [0.29, 0.717) is 11.8 Å². The minimum absolute atomic E-state index is 0.160. The maximum atomic E-state index is 13.1. The van der Waals surface area contributed by atoms with Gasteiger partial charge in [0.1, 0.15) is 12.1 Å². The first-order chi connectivity index (χ1) is 16.5. The highest BCUT2D eigenvalue weighted by molar-refractivity contribution is 5.56. The van der Waals surface area contributed by atoms with Crippen molar-refractivity contribution >= 4 is 6.29 Å². The fourth-order valence-electron chi connectivity index (χ4n) is 4.96. The average molecular weight is 462 g/mol. The highest BCUT2D eigenvalue weighted by Gasteiger charge is 2.36. The van der Waals surface area contributed by atoms with Crippen LogP contribution in [0.25, 0.3) is 0 Å². The summed E-state index contributed by atoms with van der Waals surface area (Å²) in [5, 5.41) is 0. The topological polar surface area (TPSA) is 43.1 Å². The second-order valence-corrected chi connectivity index (χ2v) is 9.11. The number of hydrogen-bond acceptors (Lipinski definition) is 2. The standard InChI is InChI=1S/C20H23F.C10H12O.CH5N/c1-3-5-16-14-20(2)11-4-6-18(20)13-17(16)12-15-7-9-19(21)10-8-15;1-2-9-5-3-4-6-10(9)7-8-11;1-2/h3,5,7-10,13H,4,6,11-12,14H2,1-2H3;3-6,8H,2,7H2,1H3;2H2,1H3/b5-3-;;. The van der Waals surface area contributed by atoms with E-state index in [4.69, 9.17) is 0 Å². The van der Waals surface area contributed by atoms with Crippen molar-refractivity contribution in [3.8, 4) is 0 Å². The SMILES string of the molecule is C/C=C\C1=C(Cc2ccc(F)cc2)C=C2CCCC2(C)C1.CCc1ccccc1CC=O.CN. The molecule has 0 aliphatic heterocycles. The van der Waals surface area contributed by atoms with Crippen LogP contribution in [-0.2, 0) is 24.1 Å². The van der Waals surface area contributed by atoms with Crippen LogP contribution in [0.2, 0.25) is 0 Å². The lowest BCUT2D eigenvalue weighted by atomic mass is 9.72. The monoisotopic (exact) mass is 461 g/mol. The Bertz CT molecular complexity index is 1020. The van der Waals surface area contributed by atoms with Gasteiger partial charge in [0.15, 0.2) is 0 Å². The average Bonchev–Trinajstić information content (AvgIpc) is 3.23. The first-order valence-electron chi connectivity index (χ1n) is 12.4. The molecule has 0 amide bonds. The second kappa shape index (κ2) is 13.8. The molecule has 0 bridgehead atoms. The van der Waals surface area contributed by atoms with E-state index in [-0.39, 0.29) is 5.82 Å². The normalized spacial score (nSPS) is 18.9. The molecule has 2 aromatic carbocycles. The lowest BCUT2D eigenvalue weighted by molar-refractivity contribution is -0.107. The Morgan fingerprint density at radius 1 is 1.06 bits per heavy atom. The predicted molar refractivity (Wildman–Crippen MR) is 142 cm³/mol. The first kappa shape index (κ1) is 27.5. The summed E-state index contributed by atoms with van der Waals surface area (Å²) in [6.45, 7) is 6.59. The molecule has 1 atom stereocenters. The Labute approximate surface area is 205 Å². The van der Waals surface area contributed by atoms with Gasteiger partial charge in [-0.05, 0) is 97.9 Å². The predicted octanol–water partition coefficient (Wildman–Crippen LogP) is 7.33. The number of benzene rings is 2. The number of nitrogens with two attached hydrogens (primary N) is 1. The van der Waals surface area contributed by atoms with Gasteiger partial charge in [0.05, 0.1) is 0 Å². The van der Waals surface area contributed by atoms with Crippen LogP contribution in [0.4, 0.5) is 4.39 Å². The van der Waals surface area contributed by atoms with E-state index >= 15 is 0 Å². The molecule has 0 radical (unpaired) electrons. The maximum absolute atomic E-state index is 13.1. The summed E-state index contributed by atoms with van der Waals surface area (Å²) >= 11 is 0. The van der Waals surface area contributed by atoms with Crippen molar-refractivity contribution in [1.29, 1.82) is 0 Å². The van der Waals surface area contributed by atoms with Crippen LogP contribution in [0.3, 0.4) is 0 Å². The third kappa shape index (κ3) is 7.36. The minimum atomic E-state index is -0.160. The van der Waals surface area contributed by atoms with Crippen molar-refractivity contribution in [3.63, 3.8) is 0 Å². The number of aldehydes is 1. The first-order valence-corrected chi connectivity index (χ1v) is 12.4. The number of fused-ring (bicyclic) bond motifs is 1. The number of carbonyl (C=O) groups is 1. The molecule has 1 fully saturated rings. The summed E-state index contributed by atoms with van der Waals surface area (Å²) in [6, 6.07) is 15.0. The molecule has 0 aromatic heterocycles. The van der Waals surface area contributed by atoms with E-state index in [0.717, 1.165) is 31.1 Å². The summed E-state index contributed by atoms with van der Waals surface area (Å²) in [6.07, 6.45) is 15.2. The molecule has 1 saturated carbocycles. The van der Waals surface area contributed by atoms with E-state index in [9.17, 15) is 9.18 Å². The van der Waals surface area contributed by atoms with E-state index in [1.165, 1.54) is 48.6 Å². The lowest BCUT2D eigenvalue weighted by Crippen LogP contribution is -2.19. The number of rotatable bonds is 6. The van der Waals surface area contributed by atoms with Gasteiger partial charge in [-0.1, -0.05) is 74.0 Å². The van der Waals surface area contributed by atoms with Crippen molar-refractivity contribution in [2.24, 2.45) is 11.1 Å². The van der Waals surface area contributed by atoms with Crippen LogP contribution in [0.1, 0.15) is 63.1 Å². The molecule has 2 N–H and O–H groups in total. The third-order valence-corrected chi connectivity index (χ3v) is 6.77. The zero-order valence-corrected chi connectivity index (χ0v) is 21.2. The van der Waals surface area contributed by atoms with Crippen LogP contribution < -0.4 is 5.73 Å². The van der Waals surface area contributed by atoms with E-state index < -0.39 is 0 Å². The molecule has 0 saturated heterocycles. The van der Waals surface area contributed by atoms with E-state index in [2.05, 4.69) is 50.8 Å². The highest BCUT2D eigenvalue weighted by Crippen LogP contribution is 2.50. The van der Waals surface area contributed by atoms with Crippen molar-refractivity contribution in [3.05, 3.63) is 106 Å². The van der Waals surface area contributed by atoms with Gasteiger partial charge in [-0.15, -0.1) is 0 Å². The number of allylic oxidation sites excluding steroid dienone is 6. The Kier molecular flexibility index (Phi) is 11.2. The lowest BCUT2D eigenvalue weighted by Gasteiger charge is -2.32. The van der Waals surface area contributed by atoms with Crippen molar-refractivity contribution < 1.29 is 9.18 Å². The van der Waals surface area contributed by atoms with E-state index in [1.54, 1.807) is 17.7 Å². The third-order valence-electron chi connectivity index (χ3n) is 6.77. The van der Waals surface area contributed by atoms with Gasteiger partial charge >= 0.3 is 0 Å². The van der Waals surface area contributed by atoms with Crippen LogP contribution in [0.5, 0.6) is 0 Å². The van der Waals surface area contributed by atoms with Crippen molar-refractivity contribution in [2.75, 3.05) is 7.05 Å². The molecule has 2 aromatic rings. The van der Waals surface area contributed by atoms with Gasteiger partial charge in [0.25, 0.3) is 0 Å². The zero-order chi connectivity index (χ0) is 25.0. The van der Waals surface area contributed by atoms with Gasteiger partial charge < -0.3 is 10.5 Å². The number of aryl methyl sites for hydroxylation is 1. The molecule has 1 unspecified atom stereocenters. The molecule has 4 rings (SSSR count). The summed E-state index contributed by atoms with van der Waals surface area (Å²) in [5.74, 6) is -0.160. The van der Waals surface area contributed by atoms with Crippen molar-refractivity contribution in [1.82, 2.24) is 0 Å². The fourth-order valence-corrected chi connectivity index (χ4v) is 4.96. The second-order valence-electron chi connectivity index (χ2n) is 9.11. The van der Waals surface area contributed by atoms with Gasteiger partial charge in [-0.3, -0.25) is 0 Å². The molecule has 2 aliphatic rings. The number of hydrogen-bond donors (Lipinski definition) is 1. The van der Waals surface area contributed by atoms with Crippen LogP contribution in [0.15, 0.2) is 83.5 Å². The largest absolute Gasteiger partial charge is 0.333 e. The molecular formula is C31H40FNO. The van der Waals surface area contributed by atoms with Gasteiger partial charge in [0, 0.05) is 6.42 Å². The molecule has 34 heavy (non-hydrogen) atoms. The maximum Gasteiger partial charge on any atom is 0.124 e. The summed E-state index contributed by atoms with van der Waals surface area (Å²) in [4.78, 5) is 10.2. The molecule has 182 valence electrons. The molecule has 2 aliphatic carbocycles. The summed E-state index contributed by atoms with van der Waals surface area (Å²) < 4.78 is 13.1. The van der Waals surface area contributed by atoms with Gasteiger partial charge in [-0.25, -0.2) is 4.39 Å². The van der Waals surface area contributed by atoms with E-state index in [1.807, 2.05) is 30.3 Å². The smallest absolute Gasteiger partial charge is 0.124 e. The van der Waals surface area contributed by atoms with Crippen LogP contribution in [-0.4, -0.2) is 13.3 Å². The molecule has 2 nitrogen and oxygen atoms in total. The minimum Gasteiger partial charge on any atom is -0.333 e. The zero-order valence-electron chi connectivity index (χ0n) is 21.2. The van der Waals surface area contributed by atoms with Gasteiger partial charge in [-0.2, -0.15) is 0 Å². The Hall–Kier alpha value is -2.78. The highest BCUT2D eigenvalue weighted by atomic mass is 19.1. The Morgan fingerprint density at radius 2 is 1.74 bits per heavy atom. The fraction of sp³-hybridized carbons (Fsp3) is 0.387. The number of carbonyl (C=O) groups excluding carboxylic acids is 1. The summed E-state index contributed by atoms with van der Waals surface area (Å²) in [7, 11) is 1.50. The van der Waals surface area contributed by atoms with Crippen LogP contribution >= 0.6 is 0 Å². The molecular weight excluding hydrogens is 421 g/mol. The van der Waals surface area contributed by atoms with Crippen molar-refractivity contribution in [2.45, 2.75) is 65.7 Å². The van der Waals surface area contributed by atoms with Gasteiger partial charge in [0.2, 0.25) is 0 Å². The summed E-state index contributed by atoms with van der Waals surface area (Å²) in [5.41, 5.74) is 13.0. The number of halogens is 1. The molecule has 3 heteroatoms. The Balaban J connectivity index is 0.000000266.